The minimum Gasteiger partial charge on any atom is -0.399 e. The molecule has 0 saturated carbocycles. The van der Waals surface area contributed by atoms with Crippen molar-refractivity contribution in [1.29, 1.82) is 0 Å². The van der Waals surface area contributed by atoms with Crippen molar-refractivity contribution in [2.24, 2.45) is 0 Å². The van der Waals surface area contributed by atoms with E-state index < -0.39 is 0 Å². The number of hydrogen-bond acceptors (Lipinski definition) is 3. The summed E-state index contributed by atoms with van der Waals surface area (Å²) in [4.78, 5) is 2.27. The lowest BCUT2D eigenvalue weighted by Crippen LogP contribution is -2.42. The molecule has 2 rings (SSSR count). The van der Waals surface area contributed by atoms with Gasteiger partial charge in [0, 0.05) is 30.9 Å². The molecule has 1 heterocycles. The topological polar surface area (TPSA) is 38.5 Å². The molecular weight excluding hydrogens is 212 g/mol. The maximum Gasteiger partial charge on any atom is 0.0475 e. The van der Waals surface area contributed by atoms with Gasteiger partial charge in [-0.2, -0.15) is 0 Å². The highest BCUT2D eigenvalue weighted by molar-refractivity contribution is 5.42. The zero-order valence-corrected chi connectivity index (χ0v) is 10.8. The Labute approximate surface area is 104 Å². The van der Waals surface area contributed by atoms with E-state index in [2.05, 4.69) is 31.1 Å². The van der Waals surface area contributed by atoms with Crippen molar-refractivity contribution >= 4 is 5.69 Å². The van der Waals surface area contributed by atoms with Crippen LogP contribution in [-0.2, 0) is 10.2 Å². The van der Waals surface area contributed by atoms with Crippen LogP contribution in [0, 0.1) is 0 Å². The van der Waals surface area contributed by atoms with Crippen molar-refractivity contribution in [1.82, 2.24) is 4.90 Å². The first kappa shape index (κ1) is 12.4. The predicted molar refractivity (Wildman–Crippen MR) is 71.1 cm³/mol. The quantitative estimate of drug-likeness (QED) is 0.812. The summed E-state index contributed by atoms with van der Waals surface area (Å²) >= 11 is 0. The molecule has 2 N–H and O–H groups in total. The lowest BCUT2D eigenvalue weighted by atomic mass is 9.74. The van der Waals surface area contributed by atoms with E-state index >= 15 is 0 Å². The van der Waals surface area contributed by atoms with Gasteiger partial charge in [0.25, 0.3) is 0 Å². The molecule has 0 aliphatic carbocycles. The number of hydrogen-bond donors (Lipinski definition) is 1. The van der Waals surface area contributed by atoms with Crippen LogP contribution in [0.3, 0.4) is 0 Å². The molecule has 17 heavy (non-hydrogen) atoms. The lowest BCUT2D eigenvalue weighted by molar-refractivity contribution is 0.0402. The molecule has 1 aliphatic rings. The van der Waals surface area contributed by atoms with E-state index in [4.69, 9.17) is 10.5 Å². The molecule has 1 saturated heterocycles. The number of benzene rings is 1. The minimum atomic E-state index is 0.232. The summed E-state index contributed by atoms with van der Waals surface area (Å²) in [6.45, 7) is 2.79. The third kappa shape index (κ3) is 2.79. The van der Waals surface area contributed by atoms with Crippen molar-refractivity contribution in [2.45, 2.75) is 18.3 Å². The van der Waals surface area contributed by atoms with Gasteiger partial charge in [0.1, 0.15) is 0 Å². The maximum atomic E-state index is 5.77. The molecule has 94 valence electrons. The summed E-state index contributed by atoms with van der Waals surface area (Å²) < 4.78 is 5.51. The highest BCUT2D eigenvalue weighted by atomic mass is 16.5. The highest BCUT2D eigenvalue weighted by Crippen LogP contribution is 2.35. The summed E-state index contributed by atoms with van der Waals surface area (Å²) in [6.07, 6.45) is 2.18. The molecule has 1 aliphatic heterocycles. The van der Waals surface area contributed by atoms with Crippen LogP contribution in [0.2, 0.25) is 0 Å². The second-order valence-electron chi connectivity index (χ2n) is 5.25. The lowest BCUT2D eigenvalue weighted by Gasteiger charge is -2.39. The Balaban J connectivity index is 2.28. The van der Waals surface area contributed by atoms with Gasteiger partial charge < -0.3 is 15.4 Å². The molecule has 0 aromatic heterocycles. The predicted octanol–water partition coefficient (Wildman–Crippen LogP) is 1.88. The van der Waals surface area contributed by atoms with Crippen molar-refractivity contribution in [3.05, 3.63) is 29.8 Å². The molecule has 0 bridgehead atoms. The van der Waals surface area contributed by atoms with Gasteiger partial charge in [0.15, 0.2) is 0 Å². The second kappa shape index (κ2) is 5.07. The van der Waals surface area contributed by atoms with Gasteiger partial charge >= 0.3 is 0 Å². The number of nitrogens with two attached hydrogens (primary N) is 1. The zero-order chi connectivity index (χ0) is 12.3. The number of rotatable bonds is 3. The number of anilines is 1. The highest BCUT2D eigenvalue weighted by Gasteiger charge is 2.34. The molecular formula is C14H22N2O. The molecule has 0 unspecified atom stereocenters. The summed E-state index contributed by atoms with van der Waals surface area (Å²) in [7, 11) is 4.27. The molecule has 1 aromatic rings. The van der Waals surface area contributed by atoms with E-state index in [0.717, 1.165) is 38.3 Å². The summed E-state index contributed by atoms with van der Waals surface area (Å²) in [6, 6.07) is 8.35. The van der Waals surface area contributed by atoms with Crippen LogP contribution in [0.25, 0.3) is 0 Å². The third-order valence-electron chi connectivity index (χ3n) is 3.59. The van der Waals surface area contributed by atoms with E-state index in [1.807, 2.05) is 12.1 Å². The normalized spacial score (nSPS) is 19.5. The minimum absolute atomic E-state index is 0.232. The molecule has 1 fully saturated rings. The van der Waals surface area contributed by atoms with Crippen LogP contribution in [0.1, 0.15) is 18.4 Å². The first-order valence-corrected chi connectivity index (χ1v) is 6.21. The fourth-order valence-corrected chi connectivity index (χ4v) is 2.74. The smallest absolute Gasteiger partial charge is 0.0475 e. The Kier molecular flexibility index (Phi) is 3.69. The Hall–Kier alpha value is -1.06. The molecule has 0 atom stereocenters. The molecule has 3 nitrogen and oxygen atoms in total. The van der Waals surface area contributed by atoms with E-state index in [1.54, 1.807) is 0 Å². The van der Waals surface area contributed by atoms with Gasteiger partial charge in [-0.1, -0.05) is 12.1 Å². The third-order valence-corrected chi connectivity index (χ3v) is 3.59. The molecule has 0 amide bonds. The Morgan fingerprint density at radius 2 is 1.76 bits per heavy atom. The van der Waals surface area contributed by atoms with Gasteiger partial charge in [-0.15, -0.1) is 0 Å². The SMILES string of the molecule is CN(C)CC1(c2ccc(N)cc2)CCOCC1. The van der Waals surface area contributed by atoms with Crippen LogP contribution < -0.4 is 5.73 Å². The first-order valence-electron chi connectivity index (χ1n) is 6.21. The van der Waals surface area contributed by atoms with Gasteiger partial charge in [0.2, 0.25) is 0 Å². The first-order chi connectivity index (χ1) is 8.12. The number of likely N-dealkylation sites (N-methyl/N-ethyl adjacent to an activating group) is 1. The summed E-state index contributed by atoms with van der Waals surface area (Å²) in [5, 5.41) is 0. The van der Waals surface area contributed by atoms with Crippen LogP contribution >= 0.6 is 0 Å². The summed E-state index contributed by atoms with van der Waals surface area (Å²) in [5.41, 5.74) is 8.22. The van der Waals surface area contributed by atoms with Gasteiger partial charge in [-0.05, 0) is 44.6 Å². The molecule has 3 heteroatoms. The van der Waals surface area contributed by atoms with Gasteiger partial charge in [0.05, 0.1) is 0 Å². The summed E-state index contributed by atoms with van der Waals surface area (Å²) in [5.74, 6) is 0. The van der Waals surface area contributed by atoms with Gasteiger partial charge in [-0.3, -0.25) is 0 Å². The van der Waals surface area contributed by atoms with E-state index in [1.165, 1.54) is 5.56 Å². The average molecular weight is 234 g/mol. The van der Waals surface area contributed by atoms with Gasteiger partial charge in [-0.25, -0.2) is 0 Å². The molecule has 0 spiro atoms. The van der Waals surface area contributed by atoms with Crippen LogP contribution in [0.15, 0.2) is 24.3 Å². The fourth-order valence-electron chi connectivity index (χ4n) is 2.74. The Bertz CT molecular complexity index is 353. The number of nitrogen functional groups attached to an aromatic ring is 1. The average Bonchev–Trinajstić information content (AvgIpc) is 2.30. The molecule has 0 radical (unpaired) electrons. The molecule has 1 aromatic carbocycles. The van der Waals surface area contributed by atoms with Crippen molar-refractivity contribution in [2.75, 3.05) is 39.6 Å². The fraction of sp³-hybridized carbons (Fsp3) is 0.571. The maximum absolute atomic E-state index is 5.77. The zero-order valence-electron chi connectivity index (χ0n) is 10.8. The van der Waals surface area contributed by atoms with E-state index in [0.29, 0.717) is 0 Å². The van der Waals surface area contributed by atoms with Crippen molar-refractivity contribution in [3.63, 3.8) is 0 Å². The standard InChI is InChI=1S/C14H22N2O/c1-16(2)11-14(7-9-17-10-8-14)12-3-5-13(15)6-4-12/h3-6H,7-11,15H2,1-2H3. The largest absolute Gasteiger partial charge is 0.399 e. The van der Waals surface area contributed by atoms with Crippen LogP contribution in [-0.4, -0.2) is 38.8 Å². The van der Waals surface area contributed by atoms with E-state index in [-0.39, 0.29) is 5.41 Å². The van der Waals surface area contributed by atoms with E-state index in [9.17, 15) is 0 Å². The Morgan fingerprint density at radius 1 is 1.18 bits per heavy atom. The monoisotopic (exact) mass is 234 g/mol. The Morgan fingerprint density at radius 3 is 2.29 bits per heavy atom. The second-order valence-corrected chi connectivity index (χ2v) is 5.25. The van der Waals surface area contributed by atoms with Crippen molar-refractivity contribution in [3.8, 4) is 0 Å². The number of nitrogens with zero attached hydrogens (tertiary/aromatic N) is 1. The van der Waals surface area contributed by atoms with Crippen LogP contribution in [0.5, 0.6) is 0 Å². The van der Waals surface area contributed by atoms with Crippen LogP contribution in [0.4, 0.5) is 5.69 Å². The number of ether oxygens (including phenoxy) is 1. The van der Waals surface area contributed by atoms with Crippen molar-refractivity contribution < 1.29 is 4.74 Å².